The molecule has 13 heteroatoms. The van der Waals surface area contributed by atoms with Gasteiger partial charge in [-0.15, -0.1) is 10.2 Å². The van der Waals surface area contributed by atoms with Crippen LogP contribution in [-0.2, 0) is 24.1 Å². The van der Waals surface area contributed by atoms with Gasteiger partial charge < -0.3 is 9.80 Å². The number of fused-ring (bicyclic) bond motifs is 3. The number of benzene rings is 1. The van der Waals surface area contributed by atoms with E-state index in [2.05, 4.69) is 24.7 Å². The van der Waals surface area contributed by atoms with E-state index in [0.717, 1.165) is 48.0 Å². The van der Waals surface area contributed by atoms with Crippen LogP contribution in [0.4, 0.5) is 19.1 Å². The van der Waals surface area contributed by atoms with Crippen LogP contribution in [0.15, 0.2) is 30.5 Å². The van der Waals surface area contributed by atoms with E-state index in [4.69, 9.17) is 11.6 Å². The van der Waals surface area contributed by atoms with Crippen LogP contribution >= 0.6 is 11.6 Å². The predicted octanol–water partition coefficient (Wildman–Crippen LogP) is 3.52. The molecule has 200 valence electrons. The molecule has 0 atom stereocenters. The summed E-state index contributed by atoms with van der Waals surface area (Å²) in [6.45, 7) is 2.49. The van der Waals surface area contributed by atoms with Gasteiger partial charge in [-0.2, -0.15) is 13.2 Å². The Morgan fingerprint density at radius 1 is 1.16 bits per heavy atom. The van der Waals surface area contributed by atoms with E-state index in [1.807, 2.05) is 23.1 Å². The van der Waals surface area contributed by atoms with Gasteiger partial charge in [0.25, 0.3) is 0 Å². The maximum atomic E-state index is 13.1. The predicted molar refractivity (Wildman–Crippen MR) is 133 cm³/mol. The number of halogens is 4. The molecule has 0 radical (unpaired) electrons. The molecular weight excluding hydrogens is 521 g/mol. The number of carbonyl (C=O) groups is 1. The summed E-state index contributed by atoms with van der Waals surface area (Å²) < 4.78 is 41.3. The maximum absolute atomic E-state index is 13.1. The van der Waals surface area contributed by atoms with Gasteiger partial charge in [-0.3, -0.25) is 14.3 Å². The molecule has 3 aromatic rings. The van der Waals surface area contributed by atoms with Crippen molar-refractivity contribution in [2.45, 2.75) is 38.0 Å². The van der Waals surface area contributed by atoms with E-state index in [0.29, 0.717) is 31.2 Å². The third-order valence-corrected chi connectivity index (χ3v) is 7.88. The second-order valence-corrected chi connectivity index (χ2v) is 11.2. The van der Waals surface area contributed by atoms with Crippen LogP contribution in [0.2, 0.25) is 5.02 Å². The fourth-order valence-electron chi connectivity index (χ4n) is 5.79. The molecule has 2 aromatic heterocycles. The summed E-state index contributed by atoms with van der Waals surface area (Å²) >= 11 is 6.33. The number of anilines is 1. The highest BCUT2D eigenvalue weighted by Crippen LogP contribution is 2.56. The standard InChI is InChI=1S/C25H26ClF3N8O/c1-34(2)21(38)12-35-10-15-7-17(26)3-4-18(15)37-20(11-35)32-33-22(37)16-8-24(9-16)13-36(14-24)23-30-6-5-19(31-23)25(27,28)29/h3-7,16H,8-14H2,1-2H3. The Morgan fingerprint density at radius 2 is 1.92 bits per heavy atom. The minimum absolute atomic E-state index is 0.00184. The lowest BCUT2D eigenvalue weighted by Gasteiger charge is -2.58. The maximum Gasteiger partial charge on any atom is 0.433 e. The van der Waals surface area contributed by atoms with Crippen LogP contribution in [0.3, 0.4) is 0 Å². The Kier molecular flexibility index (Phi) is 5.87. The lowest BCUT2D eigenvalue weighted by Crippen LogP contribution is -2.62. The molecule has 1 aliphatic carbocycles. The molecule has 1 amide bonds. The fourth-order valence-corrected chi connectivity index (χ4v) is 5.98. The molecule has 0 bridgehead atoms. The van der Waals surface area contributed by atoms with Gasteiger partial charge in [0.05, 0.1) is 18.8 Å². The summed E-state index contributed by atoms with van der Waals surface area (Å²) in [7, 11) is 3.47. The first kappa shape index (κ1) is 25.1. The first-order chi connectivity index (χ1) is 18.0. The smallest absolute Gasteiger partial charge is 0.348 e. The van der Waals surface area contributed by atoms with Gasteiger partial charge in [-0.05, 0) is 42.7 Å². The zero-order chi connectivity index (χ0) is 26.8. The number of hydrogen-bond donors (Lipinski definition) is 0. The van der Waals surface area contributed by atoms with Gasteiger partial charge in [-0.1, -0.05) is 11.6 Å². The number of nitrogens with zero attached hydrogens (tertiary/aromatic N) is 8. The third kappa shape index (κ3) is 4.39. The topological polar surface area (TPSA) is 83.3 Å². The normalized spacial score (nSPS) is 18.8. The van der Waals surface area contributed by atoms with Crippen molar-refractivity contribution in [3.63, 3.8) is 0 Å². The van der Waals surface area contributed by atoms with Crippen molar-refractivity contribution in [1.29, 1.82) is 0 Å². The highest BCUT2D eigenvalue weighted by Gasteiger charge is 2.55. The van der Waals surface area contributed by atoms with Crippen molar-refractivity contribution in [2.75, 3.05) is 38.6 Å². The number of alkyl halides is 3. The van der Waals surface area contributed by atoms with E-state index in [9.17, 15) is 18.0 Å². The second-order valence-electron chi connectivity index (χ2n) is 10.7. The second kappa shape index (κ2) is 8.91. The summed E-state index contributed by atoms with van der Waals surface area (Å²) in [6.07, 6.45) is -1.63. The van der Waals surface area contributed by atoms with E-state index in [1.54, 1.807) is 23.9 Å². The van der Waals surface area contributed by atoms with Crippen molar-refractivity contribution in [1.82, 2.24) is 34.5 Å². The minimum atomic E-state index is -4.50. The summed E-state index contributed by atoms with van der Waals surface area (Å²) in [5, 5.41) is 9.69. The van der Waals surface area contributed by atoms with E-state index < -0.39 is 11.9 Å². The van der Waals surface area contributed by atoms with Gasteiger partial charge in [0, 0.05) is 56.3 Å². The molecule has 9 nitrogen and oxygen atoms in total. The molecule has 3 aliphatic rings. The van der Waals surface area contributed by atoms with Gasteiger partial charge in [0.2, 0.25) is 11.9 Å². The lowest BCUT2D eigenvalue weighted by atomic mass is 9.57. The SMILES string of the molecule is CN(C)C(=O)CN1Cc2cc(Cl)ccc2-n2c(nnc2C2CC3(C2)CN(c2nccc(C(F)(F)F)n2)C3)C1. The lowest BCUT2D eigenvalue weighted by molar-refractivity contribution is -0.141. The number of hydrogen-bond acceptors (Lipinski definition) is 7. The summed E-state index contributed by atoms with van der Waals surface area (Å²) in [4.78, 5) is 25.6. The first-order valence-electron chi connectivity index (χ1n) is 12.3. The average Bonchev–Trinajstić information content (AvgIpc) is 3.13. The highest BCUT2D eigenvalue weighted by molar-refractivity contribution is 6.30. The van der Waals surface area contributed by atoms with E-state index in [1.165, 1.54) is 0 Å². The molecule has 4 heterocycles. The molecule has 2 aliphatic heterocycles. The quantitative estimate of drug-likeness (QED) is 0.495. The molecule has 1 aromatic carbocycles. The molecule has 1 saturated carbocycles. The molecule has 1 saturated heterocycles. The molecular formula is C25H26ClF3N8O. The van der Waals surface area contributed by atoms with Crippen molar-refractivity contribution in [2.24, 2.45) is 5.41 Å². The van der Waals surface area contributed by atoms with Crippen molar-refractivity contribution in [3.8, 4) is 5.69 Å². The first-order valence-corrected chi connectivity index (χ1v) is 12.7. The third-order valence-electron chi connectivity index (χ3n) is 7.65. The number of likely N-dealkylation sites (N-methyl/N-ethyl adjacent to an activating group) is 1. The molecule has 38 heavy (non-hydrogen) atoms. The average molecular weight is 547 g/mol. The Morgan fingerprint density at radius 3 is 2.63 bits per heavy atom. The number of rotatable bonds is 4. The Bertz CT molecular complexity index is 1390. The van der Waals surface area contributed by atoms with Crippen LogP contribution in [0.5, 0.6) is 0 Å². The van der Waals surface area contributed by atoms with Gasteiger partial charge in [0.1, 0.15) is 11.5 Å². The van der Waals surface area contributed by atoms with Gasteiger partial charge in [-0.25, -0.2) is 9.97 Å². The molecule has 1 spiro atoms. The Balaban J connectivity index is 1.20. The van der Waals surface area contributed by atoms with Gasteiger partial charge in [0.15, 0.2) is 5.82 Å². The minimum Gasteiger partial charge on any atom is -0.348 e. The highest BCUT2D eigenvalue weighted by atomic mass is 35.5. The monoisotopic (exact) mass is 546 g/mol. The zero-order valence-electron chi connectivity index (χ0n) is 20.9. The van der Waals surface area contributed by atoms with Gasteiger partial charge >= 0.3 is 6.18 Å². The zero-order valence-corrected chi connectivity index (χ0v) is 21.7. The van der Waals surface area contributed by atoms with Crippen LogP contribution in [0.1, 0.15) is 41.7 Å². The molecule has 0 unspecified atom stereocenters. The van der Waals surface area contributed by atoms with Crippen molar-refractivity contribution >= 4 is 23.5 Å². The summed E-state index contributed by atoms with van der Waals surface area (Å²) in [5.74, 6) is 1.91. The molecule has 2 fully saturated rings. The Labute approximate surface area is 222 Å². The largest absolute Gasteiger partial charge is 0.433 e. The molecule has 0 N–H and O–H groups in total. The summed E-state index contributed by atoms with van der Waals surface area (Å²) in [5.41, 5.74) is 1.03. The summed E-state index contributed by atoms with van der Waals surface area (Å²) in [6, 6.07) is 6.62. The molecule has 6 rings (SSSR count). The van der Waals surface area contributed by atoms with Crippen LogP contribution in [0.25, 0.3) is 5.69 Å². The Hall–Kier alpha value is -3.25. The van der Waals surface area contributed by atoms with Crippen LogP contribution in [-0.4, -0.2) is 74.2 Å². The van der Waals surface area contributed by atoms with Crippen molar-refractivity contribution < 1.29 is 18.0 Å². The number of carbonyl (C=O) groups excluding carboxylic acids is 1. The van der Waals surface area contributed by atoms with E-state index in [-0.39, 0.29) is 29.7 Å². The number of amides is 1. The van der Waals surface area contributed by atoms with Crippen LogP contribution < -0.4 is 4.90 Å². The van der Waals surface area contributed by atoms with E-state index >= 15 is 0 Å². The van der Waals surface area contributed by atoms with Crippen LogP contribution in [0, 0.1) is 5.41 Å². The number of aromatic nitrogens is 5. The van der Waals surface area contributed by atoms with Crippen molar-refractivity contribution in [3.05, 3.63) is 58.4 Å². The fraction of sp³-hybridized carbons (Fsp3) is 0.480.